The smallest absolute Gasteiger partial charge is 0.245 e. The fourth-order valence-corrected chi connectivity index (χ4v) is 7.38. The van der Waals surface area contributed by atoms with Gasteiger partial charge in [-0.05, 0) is 74.1 Å². The van der Waals surface area contributed by atoms with E-state index in [1.807, 2.05) is 0 Å². The highest BCUT2D eigenvalue weighted by molar-refractivity contribution is 7.92. The van der Waals surface area contributed by atoms with Crippen LogP contribution in [0.3, 0.4) is 0 Å². The molecule has 216 valence electrons. The van der Waals surface area contributed by atoms with Gasteiger partial charge in [0.1, 0.15) is 22.0 Å². The molecule has 0 spiro atoms. The van der Waals surface area contributed by atoms with Gasteiger partial charge in [-0.2, -0.15) is 0 Å². The summed E-state index contributed by atoms with van der Waals surface area (Å²) in [6.07, 6.45) is 3.39. The number of amides is 2. The van der Waals surface area contributed by atoms with Crippen LogP contribution >= 0.6 is 0 Å². The molecule has 10 nitrogen and oxygen atoms in total. The predicted octanol–water partition coefficient (Wildman–Crippen LogP) is 3.70. The fraction of sp³-hybridized carbons (Fsp3) is 0.517. The Hall–Kier alpha value is -3.15. The number of hydroxylamine groups is 1. The lowest BCUT2D eigenvalue weighted by Crippen LogP contribution is -2.43. The maximum atomic E-state index is 13.9. The Labute approximate surface area is 234 Å². The number of hydrogen-bond donors (Lipinski definition) is 1. The number of benzene rings is 2. The molecule has 2 amide bonds. The van der Waals surface area contributed by atoms with Gasteiger partial charge in [0.05, 0.1) is 19.3 Å². The largest absolute Gasteiger partial charge is 0.497 e. The number of nitrogens with zero attached hydrogens (tertiary/aromatic N) is 1. The molecular weight excluding hydrogens is 536 g/mol. The number of rotatable bonds is 9. The average molecular weight is 573 g/mol. The summed E-state index contributed by atoms with van der Waals surface area (Å²) in [6.45, 7) is 0.916. The molecule has 3 fully saturated rings. The first-order valence-corrected chi connectivity index (χ1v) is 15.4. The van der Waals surface area contributed by atoms with Crippen molar-refractivity contribution in [3.8, 4) is 17.2 Å². The monoisotopic (exact) mass is 572 g/mol. The van der Waals surface area contributed by atoms with Gasteiger partial charge in [-0.25, -0.2) is 18.7 Å². The second kappa shape index (κ2) is 12.2. The van der Waals surface area contributed by atoms with Crippen LogP contribution < -0.4 is 15.0 Å². The van der Waals surface area contributed by atoms with Crippen LogP contribution in [0.2, 0.25) is 0 Å². The molecule has 2 unspecified atom stereocenters. The summed E-state index contributed by atoms with van der Waals surface area (Å²) in [5.74, 6) is 1.01. The minimum absolute atomic E-state index is 0.00327. The van der Waals surface area contributed by atoms with Crippen molar-refractivity contribution in [1.29, 1.82) is 0 Å². The SMILES string of the molecule is COc1ccc(Oc2ccc(C3(CC(=O)NOC4CCCCO4)CCN(C(=O)C4CC4)CCS3(=O)=O)cc2)cc1. The van der Waals surface area contributed by atoms with E-state index in [0.29, 0.717) is 35.8 Å². The van der Waals surface area contributed by atoms with E-state index in [-0.39, 0.29) is 43.5 Å². The summed E-state index contributed by atoms with van der Waals surface area (Å²) in [5, 5.41) is 0. The summed E-state index contributed by atoms with van der Waals surface area (Å²) in [7, 11) is -2.27. The first-order valence-electron chi connectivity index (χ1n) is 13.8. The first kappa shape index (κ1) is 28.4. The maximum Gasteiger partial charge on any atom is 0.245 e. The molecule has 2 heterocycles. The molecular formula is C29H36N2O8S. The molecule has 2 aliphatic heterocycles. The molecule has 2 aromatic rings. The zero-order chi connectivity index (χ0) is 28.2. The number of carbonyl (C=O) groups is 2. The standard InChI is InChI=1S/C29H36N2O8S/c1-36-23-11-13-25(14-12-23)38-24-9-7-22(8-10-24)29(20-26(32)30-39-27-4-2-3-18-37-27)15-16-31(17-19-40(29,34)35)28(33)21-5-6-21/h7-14,21,27H,2-6,15-20H2,1H3,(H,30,32). The second-order valence-electron chi connectivity index (χ2n) is 10.6. The third-order valence-electron chi connectivity index (χ3n) is 7.81. The average Bonchev–Trinajstić information content (AvgIpc) is 3.83. The summed E-state index contributed by atoms with van der Waals surface area (Å²) in [4.78, 5) is 33.1. The van der Waals surface area contributed by atoms with Gasteiger partial charge in [-0.3, -0.25) is 9.59 Å². The van der Waals surface area contributed by atoms with Gasteiger partial charge in [0.2, 0.25) is 11.8 Å². The topological polar surface area (TPSA) is 120 Å². The van der Waals surface area contributed by atoms with Crippen LogP contribution in [0.5, 0.6) is 17.2 Å². The lowest BCUT2D eigenvalue weighted by atomic mass is 9.90. The molecule has 2 atom stereocenters. The van der Waals surface area contributed by atoms with Gasteiger partial charge in [0.25, 0.3) is 0 Å². The summed E-state index contributed by atoms with van der Waals surface area (Å²) >= 11 is 0. The molecule has 5 rings (SSSR count). The Kier molecular flexibility index (Phi) is 8.62. The zero-order valence-corrected chi connectivity index (χ0v) is 23.5. The van der Waals surface area contributed by atoms with E-state index in [2.05, 4.69) is 5.48 Å². The van der Waals surface area contributed by atoms with Crippen LogP contribution in [-0.2, 0) is 33.7 Å². The van der Waals surface area contributed by atoms with E-state index < -0.39 is 26.8 Å². The van der Waals surface area contributed by atoms with Crippen molar-refractivity contribution in [3.63, 3.8) is 0 Å². The highest BCUT2D eigenvalue weighted by Crippen LogP contribution is 2.42. The molecule has 1 N–H and O–H groups in total. The highest BCUT2D eigenvalue weighted by atomic mass is 32.2. The second-order valence-corrected chi connectivity index (χ2v) is 13.0. The van der Waals surface area contributed by atoms with Crippen molar-refractivity contribution in [1.82, 2.24) is 10.4 Å². The third kappa shape index (κ3) is 6.42. The summed E-state index contributed by atoms with van der Waals surface area (Å²) < 4.78 is 42.9. The number of ether oxygens (including phenoxy) is 3. The Morgan fingerprint density at radius 3 is 2.27 bits per heavy atom. The van der Waals surface area contributed by atoms with Gasteiger partial charge >= 0.3 is 0 Å². The molecule has 0 radical (unpaired) electrons. The van der Waals surface area contributed by atoms with Crippen molar-refractivity contribution in [3.05, 3.63) is 54.1 Å². The van der Waals surface area contributed by atoms with Crippen molar-refractivity contribution in [2.24, 2.45) is 5.92 Å². The molecule has 0 aromatic heterocycles. The van der Waals surface area contributed by atoms with Crippen LogP contribution in [0.25, 0.3) is 0 Å². The first-order chi connectivity index (χ1) is 19.3. The summed E-state index contributed by atoms with van der Waals surface area (Å²) in [6, 6.07) is 13.9. The number of methoxy groups -OCH3 is 1. The van der Waals surface area contributed by atoms with Crippen molar-refractivity contribution >= 4 is 21.7 Å². The third-order valence-corrected chi connectivity index (χ3v) is 10.3. The Morgan fingerprint density at radius 2 is 1.65 bits per heavy atom. The van der Waals surface area contributed by atoms with Crippen LogP contribution in [0.15, 0.2) is 48.5 Å². The number of hydrogen-bond acceptors (Lipinski definition) is 8. The lowest BCUT2D eigenvalue weighted by Gasteiger charge is -2.32. The van der Waals surface area contributed by atoms with Crippen LogP contribution in [0, 0.1) is 5.92 Å². The van der Waals surface area contributed by atoms with Gasteiger partial charge in [-0.1, -0.05) is 12.1 Å². The maximum absolute atomic E-state index is 13.9. The fourth-order valence-electron chi connectivity index (χ4n) is 5.28. The molecule has 40 heavy (non-hydrogen) atoms. The van der Waals surface area contributed by atoms with Crippen LogP contribution in [0.4, 0.5) is 0 Å². The van der Waals surface area contributed by atoms with E-state index in [0.717, 1.165) is 25.7 Å². The molecule has 11 heteroatoms. The minimum Gasteiger partial charge on any atom is -0.497 e. The predicted molar refractivity (Wildman–Crippen MR) is 146 cm³/mol. The van der Waals surface area contributed by atoms with E-state index >= 15 is 0 Å². The quantitative estimate of drug-likeness (QED) is 0.452. The minimum atomic E-state index is -3.86. The Balaban J connectivity index is 1.38. The molecule has 2 aromatic carbocycles. The zero-order valence-electron chi connectivity index (χ0n) is 22.7. The van der Waals surface area contributed by atoms with E-state index in [4.69, 9.17) is 19.0 Å². The van der Waals surface area contributed by atoms with Crippen molar-refractivity contribution < 1.29 is 37.1 Å². The number of nitrogens with one attached hydrogen (secondary N) is 1. The van der Waals surface area contributed by atoms with E-state index in [1.165, 1.54) is 0 Å². The molecule has 3 aliphatic rings. The normalized spacial score (nSPS) is 24.5. The lowest BCUT2D eigenvalue weighted by molar-refractivity contribution is -0.200. The number of carbonyl (C=O) groups excluding carboxylic acids is 2. The highest BCUT2D eigenvalue weighted by Gasteiger charge is 2.49. The molecule has 1 saturated carbocycles. The van der Waals surface area contributed by atoms with Gasteiger partial charge in [0.15, 0.2) is 16.1 Å². The van der Waals surface area contributed by atoms with E-state index in [1.54, 1.807) is 60.5 Å². The van der Waals surface area contributed by atoms with E-state index in [9.17, 15) is 18.0 Å². The van der Waals surface area contributed by atoms with Crippen molar-refractivity contribution in [2.75, 3.05) is 32.6 Å². The van der Waals surface area contributed by atoms with Crippen LogP contribution in [0.1, 0.15) is 50.5 Å². The van der Waals surface area contributed by atoms with Gasteiger partial charge in [-0.15, -0.1) is 0 Å². The van der Waals surface area contributed by atoms with Gasteiger partial charge < -0.3 is 19.1 Å². The van der Waals surface area contributed by atoms with Gasteiger partial charge in [0, 0.05) is 32.0 Å². The number of sulfone groups is 1. The van der Waals surface area contributed by atoms with Crippen molar-refractivity contribution in [2.45, 2.75) is 56.0 Å². The molecule has 1 aliphatic carbocycles. The summed E-state index contributed by atoms with van der Waals surface area (Å²) in [5.41, 5.74) is 2.90. The van der Waals surface area contributed by atoms with Crippen LogP contribution in [-0.4, -0.2) is 64.0 Å². The molecule has 2 saturated heterocycles. The Morgan fingerprint density at radius 1 is 0.975 bits per heavy atom. The molecule has 0 bridgehead atoms. The Bertz CT molecular complexity index is 1290.